The number of aromatic nitrogens is 2. The summed E-state index contributed by atoms with van der Waals surface area (Å²) in [7, 11) is 0. The highest BCUT2D eigenvalue weighted by Crippen LogP contribution is 2.29. The van der Waals surface area contributed by atoms with Crippen molar-refractivity contribution in [1.82, 2.24) is 9.55 Å². The number of benzene rings is 2. The molecule has 0 bridgehead atoms. The predicted molar refractivity (Wildman–Crippen MR) is 80.3 cm³/mol. The summed E-state index contributed by atoms with van der Waals surface area (Å²) in [4.78, 5) is 4.52. The maximum atomic E-state index is 13.1. The Morgan fingerprint density at radius 1 is 1.15 bits per heavy atom. The van der Waals surface area contributed by atoms with Gasteiger partial charge in [-0.3, -0.25) is 4.57 Å². The summed E-state index contributed by atoms with van der Waals surface area (Å²) >= 11 is 12.2. The minimum atomic E-state index is -0.276. The van der Waals surface area contributed by atoms with Gasteiger partial charge in [0.15, 0.2) is 0 Å². The molecule has 5 heteroatoms. The summed E-state index contributed by atoms with van der Waals surface area (Å²) in [6.07, 6.45) is 0. The van der Waals surface area contributed by atoms with E-state index in [2.05, 4.69) is 4.98 Å². The van der Waals surface area contributed by atoms with Gasteiger partial charge in [0.1, 0.15) is 11.6 Å². The lowest BCUT2D eigenvalue weighted by atomic mass is 10.2. The van der Waals surface area contributed by atoms with Gasteiger partial charge in [-0.2, -0.15) is 0 Å². The fourth-order valence-corrected chi connectivity index (χ4v) is 2.51. The second-order valence-electron chi connectivity index (χ2n) is 4.53. The molecule has 2 aromatic carbocycles. The van der Waals surface area contributed by atoms with E-state index in [0.717, 1.165) is 16.7 Å². The van der Waals surface area contributed by atoms with Crippen molar-refractivity contribution >= 4 is 34.2 Å². The van der Waals surface area contributed by atoms with Gasteiger partial charge in [-0.25, -0.2) is 9.37 Å². The van der Waals surface area contributed by atoms with Crippen LogP contribution < -0.4 is 0 Å². The molecule has 1 atom stereocenters. The summed E-state index contributed by atoms with van der Waals surface area (Å²) in [5, 5.41) is 0.348. The Kier molecular flexibility index (Phi) is 3.40. The lowest BCUT2D eigenvalue weighted by Gasteiger charge is -2.10. The van der Waals surface area contributed by atoms with Crippen LogP contribution in [0.25, 0.3) is 16.7 Å². The van der Waals surface area contributed by atoms with Crippen molar-refractivity contribution in [3.05, 3.63) is 59.1 Å². The van der Waals surface area contributed by atoms with Gasteiger partial charge in [0.2, 0.25) is 0 Å². The molecular formula is C15H11Cl2FN2. The van der Waals surface area contributed by atoms with E-state index in [-0.39, 0.29) is 11.2 Å². The molecule has 0 amide bonds. The van der Waals surface area contributed by atoms with Crippen LogP contribution in [0.1, 0.15) is 18.1 Å². The van der Waals surface area contributed by atoms with Crippen LogP contribution in [0.5, 0.6) is 0 Å². The first-order valence-corrected chi connectivity index (χ1v) is 6.95. The van der Waals surface area contributed by atoms with Gasteiger partial charge in [0.05, 0.1) is 16.4 Å². The minimum Gasteiger partial charge on any atom is -0.295 e. The number of alkyl halides is 1. The van der Waals surface area contributed by atoms with Crippen LogP contribution in [0.2, 0.25) is 5.02 Å². The van der Waals surface area contributed by atoms with Crippen LogP contribution in [0.3, 0.4) is 0 Å². The Hall–Kier alpha value is -1.58. The highest BCUT2D eigenvalue weighted by atomic mass is 35.5. The molecule has 0 N–H and O–H groups in total. The average molecular weight is 309 g/mol. The largest absolute Gasteiger partial charge is 0.295 e. The Bertz CT molecular complexity index is 763. The predicted octanol–water partition coefficient (Wildman–Crippen LogP) is 5.12. The van der Waals surface area contributed by atoms with Crippen molar-refractivity contribution in [3.8, 4) is 5.69 Å². The first kappa shape index (κ1) is 13.4. The van der Waals surface area contributed by atoms with Crippen LogP contribution in [0.4, 0.5) is 4.39 Å². The van der Waals surface area contributed by atoms with Crippen LogP contribution in [-0.2, 0) is 0 Å². The van der Waals surface area contributed by atoms with Crippen molar-refractivity contribution < 1.29 is 4.39 Å². The SMILES string of the molecule is CC(Cl)c1nc2cc(Cl)ccc2n1-c1ccc(F)cc1. The first-order valence-electron chi connectivity index (χ1n) is 6.14. The number of imidazole rings is 1. The van der Waals surface area contributed by atoms with Crippen molar-refractivity contribution in [3.63, 3.8) is 0 Å². The third-order valence-corrected chi connectivity index (χ3v) is 3.51. The van der Waals surface area contributed by atoms with Gasteiger partial charge in [-0.1, -0.05) is 11.6 Å². The van der Waals surface area contributed by atoms with Crippen molar-refractivity contribution in [2.45, 2.75) is 12.3 Å². The normalized spacial score (nSPS) is 12.8. The number of rotatable bonds is 2. The number of nitrogens with zero attached hydrogens (tertiary/aromatic N) is 2. The molecule has 3 rings (SSSR count). The van der Waals surface area contributed by atoms with E-state index in [1.807, 2.05) is 17.6 Å². The Labute approximate surface area is 125 Å². The zero-order valence-corrected chi connectivity index (χ0v) is 12.2. The molecule has 20 heavy (non-hydrogen) atoms. The Morgan fingerprint density at radius 2 is 1.85 bits per heavy atom. The van der Waals surface area contributed by atoms with Crippen LogP contribution in [0.15, 0.2) is 42.5 Å². The van der Waals surface area contributed by atoms with E-state index in [4.69, 9.17) is 23.2 Å². The second-order valence-corrected chi connectivity index (χ2v) is 5.62. The maximum Gasteiger partial charge on any atom is 0.132 e. The van der Waals surface area contributed by atoms with E-state index >= 15 is 0 Å². The van der Waals surface area contributed by atoms with E-state index < -0.39 is 0 Å². The van der Waals surface area contributed by atoms with Gasteiger partial charge in [-0.05, 0) is 49.4 Å². The molecule has 2 nitrogen and oxygen atoms in total. The minimum absolute atomic E-state index is 0.272. The number of halogens is 3. The summed E-state index contributed by atoms with van der Waals surface area (Å²) < 4.78 is 15.0. The van der Waals surface area contributed by atoms with Crippen LogP contribution in [0, 0.1) is 5.82 Å². The highest BCUT2D eigenvalue weighted by Gasteiger charge is 2.16. The Morgan fingerprint density at radius 3 is 2.50 bits per heavy atom. The summed E-state index contributed by atoms with van der Waals surface area (Å²) in [6.45, 7) is 1.85. The molecule has 1 aromatic heterocycles. The summed E-state index contributed by atoms with van der Waals surface area (Å²) in [5.41, 5.74) is 2.48. The molecule has 0 radical (unpaired) electrons. The van der Waals surface area contributed by atoms with E-state index in [1.165, 1.54) is 12.1 Å². The third-order valence-electron chi connectivity index (χ3n) is 3.08. The molecule has 1 unspecified atom stereocenters. The van der Waals surface area contributed by atoms with Crippen LogP contribution in [-0.4, -0.2) is 9.55 Å². The molecular weight excluding hydrogens is 298 g/mol. The van der Waals surface area contributed by atoms with Crippen molar-refractivity contribution in [1.29, 1.82) is 0 Å². The highest BCUT2D eigenvalue weighted by molar-refractivity contribution is 6.31. The van der Waals surface area contributed by atoms with Gasteiger partial charge >= 0.3 is 0 Å². The third kappa shape index (κ3) is 2.28. The van der Waals surface area contributed by atoms with Gasteiger partial charge in [0, 0.05) is 10.7 Å². The topological polar surface area (TPSA) is 17.8 Å². The molecule has 102 valence electrons. The fraction of sp³-hybridized carbons (Fsp3) is 0.133. The summed E-state index contributed by atoms with van der Waals surface area (Å²) in [5.74, 6) is 0.428. The zero-order valence-electron chi connectivity index (χ0n) is 10.6. The quantitative estimate of drug-likeness (QED) is 0.601. The van der Waals surface area contributed by atoms with E-state index in [0.29, 0.717) is 10.8 Å². The number of hydrogen-bond donors (Lipinski definition) is 0. The molecule has 0 aliphatic heterocycles. The van der Waals surface area contributed by atoms with Crippen LogP contribution >= 0.6 is 23.2 Å². The van der Waals surface area contributed by atoms with E-state index in [9.17, 15) is 4.39 Å². The molecule has 0 spiro atoms. The second kappa shape index (κ2) is 5.08. The molecule has 0 saturated heterocycles. The molecule has 0 aliphatic rings. The molecule has 0 fully saturated rings. The van der Waals surface area contributed by atoms with E-state index in [1.54, 1.807) is 24.3 Å². The molecule has 0 saturated carbocycles. The molecule has 0 aliphatic carbocycles. The lowest BCUT2D eigenvalue weighted by Crippen LogP contribution is -2.01. The summed E-state index contributed by atoms with van der Waals surface area (Å²) in [6, 6.07) is 11.7. The van der Waals surface area contributed by atoms with Gasteiger partial charge < -0.3 is 0 Å². The average Bonchev–Trinajstić information content (AvgIpc) is 2.78. The van der Waals surface area contributed by atoms with Crippen molar-refractivity contribution in [2.24, 2.45) is 0 Å². The van der Waals surface area contributed by atoms with Gasteiger partial charge in [0.25, 0.3) is 0 Å². The Balaban J connectivity index is 2.31. The fourth-order valence-electron chi connectivity index (χ4n) is 2.20. The maximum absolute atomic E-state index is 13.1. The van der Waals surface area contributed by atoms with Crippen molar-refractivity contribution in [2.75, 3.05) is 0 Å². The standard InChI is InChI=1S/C15H11Cl2FN2/c1-9(16)15-19-13-8-10(17)2-7-14(13)20(15)12-5-3-11(18)4-6-12/h2-9H,1H3. The first-order chi connectivity index (χ1) is 9.56. The lowest BCUT2D eigenvalue weighted by molar-refractivity contribution is 0.627. The van der Waals surface area contributed by atoms with Gasteiger partial charge in [-0.15, -0.1) is 11.6 Å². The number of fused-ring (bicyclic) bond motifs is 1. The molecule has 1 heterocycles. The number of hydrogen-bond acceptors (Lipinski definition) is 1. The zero-order chi connectivity index (χ0) is 14.3. The monoisotopic (exact) mass is 308 g/mol. The molecule has 3 aromatic rings. The smallest absolute Gasteiger partial charge is 0.132 e.